The molecule has 0 heterocycles. The normalized spacial score (nSPS) is 13.1. The van der Waals surface area contributed by atoms with E-state index in [1.807, 2.05) is 0 Å². The predicted molar refractivity (Wildman–Crippen MR) is 53.7 cm³/mol. The lowest BCUT2D eigenvalue weighted by molar-refractivity contribution is -0.138. The van der Waals surface area contributed by atoms with E-state index in [4.69, 9.17) is 16.3 Å². The zero-order chi connectivity index (χ0) is 11.8. The Morgan fingerprint density at radius 1 is 1.33 bits per heavy atom. The van der Waals surface area contributed by atoms with E-state index in [-0.39, 0.29) is 24.6 Å². The Hall–Kier alpha value is -1.92. The summed E-state index contributed by atoms with van der Waals surface area (Å²) in [4.78, 5) is 11.3. The molecule has 0 saturated carbocycles. The van der Waals surface area contributed by atoms with Gasteiger partial charge in [0.15, 0.2) is 11.4 Å². The molecule has 0 radical (unpaired) electrons. The zero-order valence-corrected chi connectivity index (χ0v) is 8.69. The Bertz CT molecular complexity index is 286. The second kappa shape index (κ2) is 6.52. The summed E-state index contributed by atoms with van der Waals surface area (Å²) in [6.07, 6.45) is 0. The predicted octanol–water partition coefficient (Wildman–Crippen LogP) is -0.413. The van der Waals surface area contributed by atoms with Crippen LogP contribution in [0.2, 0.25) is 0 Å². The highest BCUT2D eigenvalue weighted by Gasteiger charge is 2.22. The molecule has 0 unspecified atom stereocenters. The van der Waals surface area contributed by atoms with Gasteiger partial charge in [-0.2, -0.15) is 5.10 Å². The number of aliphatic hydroxyl groups excluding tert-OH is 1. The minimum absolute atomic E-state index is 0.138. The second-order valence-corrected chi connectivity index (χ2v) is 2.35. The van der Waals surface area contributed by atoms with Gasteiger partial charge < -0.3 is 26.2 Å². The standard InChI is InChI=1S/C8H15N3O4/c1-3-14-7(12)5(6(9)11-10)8(13)15-4-2/h12H,3-4,10H2,1-2H3,(H2,9,11). The van der Waals surface area contributed by atoms with Crippen molar-refractivity contribution >= 4 is 11.8 Å². The van der Waals surface area contributed by atoms with Gasteiger partial charge in [0.05, 0.1) is 13.2 Å². The molecule has 0 aliphatic heterocycles. The fourth-order valence-electron chi connectivity index (χ4n) is 0.778. The topological polar surface area (TPSA) is 120 Å². The molecule has 0 fully saturated rings. The van der Waals surface area contributed by atoms with Gasteiger partial charge in [0.2, 0.25) is 0 Å². The summed E-state index contributed by atoms with van der Waals surface area (Å²) in [5, 5.41) is 12.4. The van der Waals surface area contributed by atoms with Gasteiger partial charge >= 0.3 is 5.97 Å². The summed E-state index contributed by atoms with van der Waals surface area (Å²) in [7, 11) is 0. The Morgan fingerprint density at radius 3 is 2.27 bits per heavy atom. The number of aliphatic hydroxyl groups is 1. The molecule has 0 aromatic carbocycles. The van der Waals surface area contributed by atoms with Gasteiger partial charge in [-0.25, -0.2) is 4.79 Å². The lowest BCUT2D eigenvalue weighted by atomic mass is 10.2. The monoisotopic (exact) mass is 217 g/mol. The van der Waals surface area contributed by atoms with E-state index in [1.54, 1.807) is 13.8 Å². The van der Waals surface area contributed by atoms with Gasteiger partial charge in [-0.05, 0) is 13.8 Å². The summed E-state index contributed by atoms with van der Waals surface area (Å²) in [5.41, 5.74) is 4.93. The van der Waals surface area contributed by atoms with Crippen molar-refractivity contribution in [2.75, 3.05) is 13.2 Å². The van der Waals surface area contributed by atoms with E-state index in [1.165, 1.54) is 0 Å². The summed E-state index contributed by atoms with van der Waals surface area (Å²) >= 11 is 0. The summed E-state index contributed by atoms with van der Waals surface area (Å²) < 4.78 is 9.35. The molecule has 0 aromatic rings. The molecule has 0 spiro atoms. The fraction of sp³-hybridized carbons (Fsp3) is 0.500. The molecule has 0 amide bonds. The number of rotatable bonds is 5. The molecule has 7 heteroatoms. The number of amidine groups is 1. The van der Waals surface area contributed by atoms with Gasteiger partial charge in [-0.3, -0.25) is 0 Å². The SMILES string of the molecule is CCOC(=O)C(C(N)=NN)=C(O)OCC. The molecule has 0 aliphatic rings. The first-order valence-corrected chi connectivity index (χ1v) is 4.35. The average Bonchev–Trinajstić information content (AvgIpc) is 2.18. The van der Waals surface area contributed by atoms with E-state index < -0.39 is 11.9 Å². The maximum Gasteiger partial charge on any atom is 0.349 e. The van der Waals surface area contributed by atoms with Crippen LogP contribution < -0.4 is 11.6 Å². The smallest absolute Gasteiger partial charge is 0.349 e. The van der Waals surface area contributed by atoms with Crippen LogP contribution in [0, 0.1) is 0 Å². The van der Waals surface area contributed by atoms with Crippen molar-refractivity contribution in [2.45, 2.75) is 13.8 Å². The van der Waals surface area contributed by atoms with Crippen LogP contribution in [0.5, 0.6) is 0 Å². The third-order valence-electron chi connectivity index (χ3n) is 1.37. The number of hydrogen-bond donors (Lipinski definition) is 3. The Labute approximate surface area is 87.3 Å². The van der Waals surface area contributed by atoms with Crippen LogP contribution in [0.25, 0.3) is 0 Å². The Kier molecular flexibility index (Phi) is 5.69. The van der Waals surface area contributed by atoms with Crippen LogP contribution in [0.15, 0.2) is 16.6 Å². The van der Waals surface area contributed by atoms with Crippen LogP contribution in [0.3, 0.4) is 0 Å². The van der Waals surface area contributed by atoms with Crippen molar-refractivity contribution in [3.8, 4) is 0 Å². The van der Waals surface area contributed by atoms with Crippen molar-refractivity contribution in [3.63, 3.8) is 0 Å². The molecule has 0 atom stereocenters. The largest absolute Gasteiger partial charge is 0.480 e. The number of carbonyl (C=O) groups excluding carboxylic acids is 1. The second-order valence-electron chi connectivity index (χ2n) is 2.35. The number of nitrogens with two attached hydrogens (primary N) is 2. The van der Waals surface area contributed by atoms with Gasteiger partial charge in [-0.15, -0.1) is 0 Å². The molecule has 7 nitrogen and oxygen atoms in total. The number of ether oxygens (including phenoxy) is 2. The summed E-state index contributed by atoms with van der Waals surface area (Å²) in [5.74, 6) is 3.06. The van der Waals surface area contributed by atoms with Gasteiger partial charge in [0.1, 0.15) is 0 Å². The van der Waals surface area contributed by atoms with E-state index in [0.29, 0.717) is 0 Å². The molecule has 86 valence electrons. The van der Waals surface area contributed by atoms with Crippen molar-refractivity contribution < 1.29 is 19.4 Å². The first-order valence-electron chi connectivity index (χ1n) is 4.35. The highest BCUT2D eigenvalue weighted by atomic mass is 16.6. The zero-order valence-electron chi connectivity index (χ0n) is 8.69. The lowest BCUT2D eigenvalue weighted by Crippen LogP contribution is -2.26. The van der Waals surface area contributed by atoms with Gasteiger partial charge in [0.25, 0.3) is 5.95 Å². The quantitative estimate of drug-likeness (QED) is 0.109. The van der Waals surface area contributed by atoms with E-state index in [0.717, 1.165) is 0 Å². The van der Waals surface area contributed by atoms with Gasteiger partial charge in [0, 0.05) is 0 Å². The van der Waals surface area contributed by atoms with Gasteiger partial charge in [-0.1, -0.05) is 0 Å². The van der Waals surface area contributed by atoms with Crippen LogP contribution in [-0.2, 0) is 14.3 Å². The molecule has 0 aliphatic carbocycles. The van der Waals surface area contributed by atoms with Crippen LogP contribution >= 0.6 is 0 Å². The maximum absolute atomic E-state index is 11.3. The molecular formula is C8H15N3O4. The molecule has 0 saturated heterocycles. The molecule has 5 N–H and O–H groups in total. The molecular weight excluding hydrogens is 202 g/mol. The minimum Gasteiger partial charge on any atom is -0.480 e. The first-order chi connectivity index (χ1) is 7.08. The van der Waals surface area contributed by atoms with Crippen LogP contribution in [0.1, 0.15) is 13.8 Å². The Balaban J connectivity index is 5.05. The number of nitrogens with zero attached hydrogens (tertiary/aromatic N) is 1. The molecule has 0 aromatic heterocycles. The number of hydrogen-bond acceptors (Lipinski definition) is 6. The van der Waals surface area contributed by atoms with Crippen molar-refractivity contribution in [1.82, 2.24) is 0 Å². The van der Waals surface area contributed by atoms with Crippen LogP contribution in [-0.4, -0.2) is 30.1 Å². The van der Waals surface area contributed by atoms with E-state index in [9.17, 15) is 9.90 Å². The molecule has 0 rings (SSSR count). The first kappa shape index (κ1) is 13.1. The van der Waals surface area contributed by atoms with E-state index >= 15 is 0 Å². The number of hydrazone groups is 1. The number of esters is 1. The van der Waals surface area contributed by atoms with Crippen molar-refractivity contribution in [2.24, 2.45) is 16.7 Å². The molecule has 15 heavy (non-hydrogen) atoms. The summed E-state index contributed by atoms with van der Waals surface area (Å²) in [6.45, 7) is 3.56. The lowest BCUT2D eigenvalue weighted by Gasteiger charge is -2.08. The number of carbonyl (C=O) groups is 1. The van der Waals surface area contributed by atoms with E-state index in [2.05, 4.69) is 9.84 Å². The highest BCUT2D eigenvalue weighted by molar-refractivity contribution is 6.18. The van der Waals surface area contributed by atoms with Crippen molar-refractivity contribution in [3.05, 3.63) is 11.5 Å². The third-order valence-corrected chi connectivity index (χ3v) is 1.37. The third kappa shape index (κ3) is 3.75. The summed E-state index contributed by atoms with van der Waals surface area (Å²) in [6, 6.07) is 0. The Morgan fingerprint density at radius 2 is 1.87 bits per heavy atom. The fourth-order valence-corrected chi connectivity index (χ4v) is 0.778. The molecule has 0 bridgehead atoms. The van der Waals surface area contributed by atoms with Crippen LogP contribution in [0.4, 0.5) is 0 Å². The average molecular weight is 217 g/mol. The maximum atomic E-state index is 11.3. The van der Waals surface area contributed by atoms with Crippen molar-refractivity contribution in [1.29, 1.82) is 0 Å². The minimum atomic E-state index is -0.838. The highest BCUT2D eigenvalue weighted by Crippen LogP contribution is 2.06.